The largest absolute Gasteiger partial charge is 0.489 e. The Kier molecular flexibility index (Phi) is 7.58. The maximum Gasteiger partial charge on any atom is 0.410 e. The van der Waals surface area contributed by atoms with Gasteiger partial charge in [-0.3, -0.25) is 14.5 Å². The fraction of sp³-hybridized carbons (Fsp3) is 0.400. The molecule has 1 heterocycles. The molecule has 2 amide bonds. The van der Waals surface area contributed by atoms with Gasteiger partial charge in [-0.25, -0.2) is 4.79 Å². The van der Waals surface area contributed by atoms with E-state index in [1.54, 1.807) is 25.7 Å². The number of fused-ring (bicyclic) bond motifs is 1. The number of carboxylic acid groups (broad SMARTS) is 1. The van der Waals surface area contributed by atoms with Crippen molar-refractivity contribution in [3.8, 4) is 5.75 Å². The van der Waals surface area contributed by atoms with Crippen molar-refractivity contribution in [2.75, 3.05) is 24.5 Å². The molecule has 0 aromatic heterocycles. The van der Waals surface area contributed by atoms with Gasteiger partial charge in [0.05, 0.1) is 6.42 Å². The topological polar surface area (TPSA) is 96.4 Å². The molecule has 8 nitrogen and oxygen atoms in total. The minimum atomic E-state index is -1.05. The molecule has 0 atom stereocenters. The molecule has 1 aliphatic heterocycles. The molecule has 0 aliphatic carbocycles. The Morgan fingerprint density at radius 3 is 2.48 bits per heavy atom. The number of aliphatic carboxylic acids is 1. The number of hydrogen-bond acceptors (Lipinski definition) is 5. The molecule has 176 valence electrons. The lowest BCUT2D eigenvalue weighted by atomic mass is 10.1. The number of ether oxygens (including phenoxy) is 2. The first-order valence-electron chi connectivity index (χ1n) is 10.9. The molecular formula is C25H30N2O6. The van der Waals surface area contributed by atoms with Gasteiger partial charge in [0.1, 0.15) is 24.5 Å². The Hall–Kier alpha value is -3.55. The highest BCUT2D eigenvalue weighted by molar-refractivity contribution is 5.98. The third-order valence-electron chi connectivity index (χ3n) is 5.07. The lowest BCUT2D eigenvalue weighted by molar-refractivity contribution is -0.137. The summed E-state index contributed by atoms with van der Waals surface area (Å²) in [6.45, 7) is 5.73. The summed E-state index contributed by atoms with van der Waals surface area (Å²) in [5.41, 5.74) is 2.08. The quantitative estimate of drug-likeness (QED) is 0.651. The maximum atomic E-state index is 13.0. The Labute approximate surface area is 193 Å². The van der Waals surface area contributed by atoms with Gasteiger partial charge in [0.25, 0.3) is 0 Å². The molecular weight excluding hydrogens is 424 g/mol. The van der Waals surface area contributed by atoms with Crippen LogP contribution in [-0.4, -0.2) is 53.2 Å². The fourth-order valence-electron chi connectivity index (χ4n) is 3.51. The van der Waals surface area contributed by atoms with Crippen molar-refractivity contribution < 1.29 is 29.0 Å². The Morgan fingerprint density at radius 2 is 1.82 bits per heavy atom. The number of hydrogen-bond donors (Lipinski definition) is 1. The summed E-state index contributed by atoms with van der Waals surface area (Å²) in [7, 11) is 0. The molecule has 33 heavy (non-hydrogen) atoms. The Bertz CT molecular complexity index is 1000. The molecule has 0 unspecified atom stereocenters. The second-order valence-electron chi connectivity index (χ2n) is 8.91. The summed E-state index contributed by atoms with van der Waals surface area (Å²) in [4.78, 5) is 39.3. The zero-order valence-electron chi connectivity index (χ0n) is 19.2. The summed E-state index contributed by atoms with van der Waals surface area (Å²) >= 11 is 0. The SMILES string of the molecule is CC(C)(C)OC(=O)N(CCC(=O)O)CC(=O)N1CCc2cc(OCc3ccccc3)ccc21. The normalized spacial score (nSPS) is 12.8. The van der Waals surface area contributed by atoms with Gasteiger partial charge in [0.15, 0.2) is 0 Å². The van der Waals surface area contributed by atoms with E-state index in [1.165, 1.54) is 0 Å². The van der Waals surface area contributed by atoms with Gasteiger partial charge in [0.2, 0.25) is 5.91 Å². The number of amides is 2. The molecule has 0 spiro atoms. The van der Waals surface area contributed by atoms with Crippen LogP contribution in [0.2, 0.25) is 0 Å². The van der Waals surface area contributed by atoms with Crippen molar-refractivity contribution in [1.29, 1.82) is 0 Å². The highest BCUT2D eigenvalue weighted by Gasteiger charge is 2.30. The highest BCUT2D eigenvalue weighted by atomic mass is 16.6. The van der Waals surface area contributed by atoms with E-state index in [4.69, 9.17) is 14.6 Å². The number of anilines is 1. The maximum absolute atomic E-state index is 13.0. The molecule has 0 fully saturated rings. The second kappa shape index (κ2) is 10.4. The van der Waals surface area contributed by atoms with E-state index >= 15 is 0 Å². The summed E-state index contributed by atoms with van der Waals surface area (Å²) < 4.78 is 11.2. The van der Waals surface area contributed by atoms with Gasteiger partial charge in [-0.05, 0) is 56.5 Å². The van der Waals surface area contributed by atoms with Crippen LogP contribution in [0.4, 0.5) is 10.5 Å². The fourth-order valence-corrected chi connectivity index (χ4v) is 3.51. The van der Waals surface area contributed by atoms with Crippen molar-refractivity contribution in [2.24, 2.45) is 0 Å². The van der Waals surface area contributed by atoms with Crippen LogP contribution in [0.15, 0.2) is 48.5 Å². The summed E-state index contributed by atoms with van der Waals surface area (Å²) in [6, 6.07) is 15.5. The molecule has 0 saturated carbocycles. The first kappa shape index (κ1) is 24.1. The number of carbonyl (C=O) groups excluding carboxylic acids is 2. The zero-order chi connectivity index (χ0) is 24.0. The van der Waals surface area contributed by atoms with Crippen LogP contribution in [0.1, 0.15) is 38.3 Å². The monoisotopic (exact) mass is 454 g/mol. The average Bonchev–Trinajstić information content (AvgIpc) is 3.17. The summed E-state index contributed by atoms with van der Waals surface area (Å²) in [5.74, 6) is -0.614. The van der Waals surface area contributed by atoms with Gasteiger partial charge < -0.3 is 19.5 Å². The number of nitrogens with zero attached hydrogens (tertiary/aromatic N) is 2. The second-order valence-corrected chi connectivity index (χ2v) is 8.91. The van der Waals surface area contributed by atoms with Gasteiger partial charge in [0, 0.05) is 18.8 Å². The predicted molar refractivity (Wildman–Crippen MR) is 123 cm³/mol. The van der Waals surface area contributed by atoms with E-state index in [0.717, 1.165) is 27.5 Å². The van der Waals surface area contributed by atoms with E-state index in [9.17, 15) is 14.4 Å². The molecule has 2 aromatic rings. The molecule has 8 heteroatoms. The van der Waals surface area contributed by atoms with Crippen LogP contribution in [0, 0.1) is 0 Å². The van der Waals surface area contributed by atoms with Crippen LogP contribution in [0.5, 0.6) is 5.75 Å². The van der Waals surface area contributed by atoms with Crippen LogP contribution >= 0.6 is 0 Å². The van der Waals surface area contributed by atoms with E-state index in [1.807, 2.05) is 48.5 Å². The third-order valence-corrected chi connectivity index (χ3v) is 5.07. The van der Waals surface area contributed by atoms with Gasteiger partial charge in [-0.2, -0.15) is 0 Å². The Morgan fingerprint density at radius 1 is 1.09 bits per heavy atom. The van der Waals surface area contributed by atoms with E-state index in [2.05, 4.69) is 0 Å². The van der Waals surface area contributed by atoms with Crippen LogP contribution in [-0.2, 0) is 27.4 Å². The first-order chi connectivity index (χ1) is 15.6. The molecule has 2 aromatic carbocycles. The molecule has 0 radical (unpaired) electrons. The molecule has 0 bridgehead atoms. The number of benzene rings is 2. The average molecular weight is 455 g/mol. The highest BCUT2D eigenvalue weighted by Crippen LogP contribution is 2.32. The lowest BCUT2D eigenvalue weighted by Crippen LogP contribution is -2.45. The smallest absolute Gasteiger partial charge is 0.410 e. The molecule has 3 rings (SSSR count). The Balaban J connectivity index is 1.66. The number of carboxylic acids is 1. The number of rotatable bonds is 8. The minimum Gasteiger partial charge on any atom is -0.489 e. The van der Waals surface area contributed by atoms with E-state index in [0.29, 0.717) is 19.6 Å². The standard InChI is InChI=1S/C25H30N2O6/c1-25(2,3)33-24(31)26(13-12-23(29)30)16-22(28)27-14-11-19-15-20(9-10-21(19)27)32-17-18-7-5-4-6-8-18/h4-10,15H,11-14,16-17H2,1-3H3,(H,29,30). The van der Waals surface area contributed by atoms with Gasteiger partial charge in [-0.15, -0.1) is 0 Å². The van der Waals surface area contributed by atoms with Crippen LogP contribution < -0.4 is 9.64 Å². The van der Waals surface area contributed by atoms with Gasteiger partial charge >= 0.3 is 12.1 Å². The lowest BCUT2D eigenvalue weighted by Gasteiger charge is -2.28. The molecule has 1 aliphatic rings. The third kappa shape index (κ3) is 6.97. The minimum absolute atomic E-state index is 0.108. The predicted octanol–water partition coefficient (Wildman–Crippen LogP) is 3.87. The van der Waals surface area contributed by atoms with Crippen molar-refractivity contribution in [3.05, 3.63) is 59.7 Å². The van der Waals surface area contributed by atoms with Crippen molar-refractivity contribution in [2.45, 2.75) is 45.8 Å². The van der Waals surface area contributed by atoms with Crippen molar-refractivity contribution in [1.82, 2.24) is 4.90 Å². The van der Waals surface area contributed by atoms with Gasteiger partial charge in [-0.1, -0.05) is 30.3 Å². The molecule has 0 saturated heterocycles. The van der Waals surface area contributed by atoms with Crippen molar-refractivity contribution in [3.63, 3.8) is 0 Å². The van der Waals surface area contributed by atoms with E-state index < -0.39 is 17.7 Å². The van der Waals surface area contributed by atoms with Crippen LogP contribution in [0.25, 0.3) is 0 Å². The number of carbonyl (C=O) groups is 3. The van der Waals surface area contributed by atoms with Crippen LogP contribution in [0.3, 0.4) is 0 Å². The first-order valence-corrected chi connectivity index (χ1v) is 10.9. The summed E-state index contributed by atoms with van der Waals surface area (Å²) in [5, 5.41) is 9.01. The van der Waals surface area contributed by atoms with Crippen molar-refractivity contribution >= 4 is 23.7 Å². The zero-order valence-corrected chi connectivity index (χ0v) is 19.2. The summed E-state index contributed by atoms with van der Waals surface area (Å²) in [6.07, 6.45) is -0.308. The molecule has 1 N–H and O–H groups in total. The van der Waals surface area contributed by atoms with E-state index in [-0.39, 0.29) is 25.4 Å².